The third-order valence-electron chi connectivity index (χ3n) is 2.94. The Balaban J connectivity index is 2.68. The van der Waals surface area contributed by atoms with Gasteiger partial charge >= 0.3 is 12.0 Å². The molecule has 0 unspecified atom stereocenters. The van der Waals surface area contributed by atoms with Gasteiger partial charge in [0.25, 0.3) is 0 Å². The molecule has 2 amide bonds. The van der Waals surface area contributed by atoms with Gasteiger partial charge in [-0.15, -0.1) is 0 Å². The molecule has 1 aliphatic rings. The molecule has 6 nitrogen and oxygen atoms in total. The molecule has 0 saturated heterocycles. The van der Waals surface area contributed by atoms with Crippen LogP contribution in [-0.2, 0) is 9.53 Å². The number of carboxylic acid groups (broad SMARTS) is 1. The summed E-state index contributed by atoms with van der Waals surface area (Å²) >= 11 is 0. The first-order valence-electron chi connectivity index (χ1n) is 6.25. The largest absolute Gasteiger partial charge is 0.480 e. The van der Waals surface area contributed by atoms with Crippen molar-refractivity contribution in [1.82, 2.24) is 9.80 Å². The topological polar surface area (TPSA) is 70.1 Å². The van der Waals surface area contributed by atoms with Crippen LogP contribution in [0.15, 0.2) is 0 Å². The number of rotatable bonds is 7. The van der Waals surface area contributed by atoms with Crippen LogP contribution in [0.25, 0.3) is 0 Å². The van der Waals surface area contributed by atoms with Crippen LogP contribution in [-0.4, -0.2) is 65.8 Å². The number of carboxylic acids is 1. The second-order valence-electron chi connectivity index (χ2n) is 4.82. The second-order valence-corrected chi connectivity index (χ2v) is 4.82. The Labute approximate surface area is 107 Å². The molecular formula is C12H22N2O4. The van der Waals surface area contributed by atoms with Gasteiger partial charge in [0.1, 0.15) is 6.54 Å². The summed E-state index contributed by atoms with van der Waals surface area (Å²) in [5.74, 6) is -0.987. The van der Waals surface area contributed by atoms with Gasteiger partial charge in [-0.25, -0.2) is 4.79 Å². The highest BCUT2D eigenvalue weighted by Crippen LogP contribution is 2.27. The highest BCUT2D eigenvalue weighted by molar-refractivity contribution is 5.80. The number of urea groups is 1. The molecule has 0 atom stereocenters. The van der Waals surface area contributed by atoms with Gasteiger partial charge in [0, 0.05) is 25.7 Å². The lowest BCUT2D eigenvalue weighted by atomic mass is 10.3. The predicted octanol–water partition coefficient (Wildman–Crippen LogP) is 1.01. The minimum atomic E-state index is -0.987. The van der Waals surface area contributed by atoms with Crippen molar-refractivity contribution in [2.75, 3.05) is 26.8 Å². The number of aliphatic carboxylic acids is 1. The molecule has 1 rings (SSSR count). The zero-order valence-electron chi connectivity index (χ0n) is 11.3. The van der Waals surface area contributed by atoms with E-state index in [4.69, 9.17) is 9.84 Å². The summed E-state index contributed by atoms with van der Waals surface area (Å²) in [6.45, 7) is 4.38. The van der Waals surface area contributed by atoms with Crippen LogP contribution in [0.3, 0.4) is 0 Å². The molecule has 104 valence electrons. The van der Waals surface area contributed by atoms with E-state index in [0.717, 1.165) is 12.8 Å². The highest BCUT2D eigenvalue weighted by Gasteiger charge is 2.35. The van der Waals surface area contributed by atoms with Crippen LogP contribution in [0.1, 0.15) is 26.7 Å². The fourth-order valence-corrected chi connectivity index (χ4v) is 1.79. The van der Waals surface area contributed by atoms with E-state index in [9.17, 15) is 9.59 Å². The van der Waals surface area contributed by atoms with Gasteiger partial charge in [-0.3, -0.25) is 4.79 Å². The van der Waals surface area contributed by atoms with Gasteiger partial charge < -0.3 is 19.6 Å². The number of ether oxygens (including phenoxy) is 1. The van der Waals surface area contributed by atoms with Gasteiger partial charge in [-0.1, -0.05) is 0 Å². The molecule has 0 radical (unpaired) electrons. The van der Waals surface area contributed by atoms with Gasteiger partial charge in [0.2, 0.25) is 0 Å². The maximum absolute atomic E-state index is 12.3. The minimum Gasteiger partial charge on any atom is -0.480 e. The van der Waals surface area contributed by atoms with Crippen molar-refractivity contribution in [3.05, 3.63) is 0 Å². The monoisotopic (exact) mass is 258 g/mol. The van der Waals surface area contributed by atoms with Crippen molar-refractivity contribution in [3.63, 3.8) is 0 Å². The van der Waals surface area contributed by atoms with Gasteiger partial charge in [-0.2, -0.15) is 0 Å². The Bertz CT molecular complexity index is 302. The van der Waals surface area contributed by atoms with Crippen molar-refractivity contribution in [2.24, 2.45) is 0 Å². The molecule has 6 heteroatoms. The van der Waals surface area contributed by atoms with E-state index >= 15 is 0 Å². The molecule has 1 saturated carbocycles. The van der Waals surface area contributed by atoms with Crippen LogP contribution >= 0.6 is 0 Å². The average Bonchev–Trinajstić information content (AvgIpc) is 3.09. The van der Waals surface area contributed by atoms with Crippen LogP contribution in [0.4, 0.5) is 4.79 Å². The summed E-state index contributed by atoms with van der Waals surface area (Å²) in [4.78, 5) is 26.3. The van der Waals surface area contributed by atoms with E-state index in [0.29, 0.717) is 13.2 Å². The molecule has 0 aliphatic heterocycles. The van der Waals surface area contributed by atoms with E-state index in [-0.39, 0.29) is 24.7 Å². The van der Waals surface area contributed by atoms with Crippen molar-refractivity contribution in [3.8, 4) is 0 Å². The number of hydrogen-bond donors (Lipinski definition) is 1. The number of carbonyl (C=O) groups is 2. The first-order chi connectivity index (χ1) is 8.47. The molecule has 0 aromatic rings. The highest BCUT2D eigenvalue weighted by atomic mass is 16.5. The van der Waals surface area contributed by atoms with E-state index < -0.39 is 5.97 Å². The van der Waals surface area contributed by atoms with Crippen molar-refractivity contribution >= 4 is 12.0 Å². The third-order valence-corrected chi connectivity index (χ3v) is 2.94. The summed E-state index contributed by atoms with van der Waals surface area (Å²) in [5, 5.41) is 8.86. The number of amides is 2. The van der Waals surface area contributed by atoms with E-state index in [1.165, 1.54) is 4.90 Å². The molecule has 1 aliphatic carbocycles. The minimum absolute atomic E-state index is 0.127. The Morgan fingerprint density at radius 1 is 1.39 bits per heavy atom. The summed E-state index contributed by atoms with van der Waals surface area (Å²) in [6, 6.07) is -0.0768. The fraction of sp³-hybridized carbons (Fsp3) is 0.833. The molecule has 0 spiro atoms. The molecule has 0 bridgehead atoms. The average molecular weight is 258 g/mol. The van der Waals surface area contributed by atoms with E-state index in [1.807, 2.05) is 13.8 Å². The zero-order chi connectivity index (χ0) is 13.7. The zero-order valence-corrected chi connectivity index (χ0v) is 11.3. The van der Waals surface area contributed by atoms with Crippen molar-refractivity contribution in [2.45, 2.75) is 38.8 Å². The third kappa shape index (κ3) is 4.18. The summed E-state index contributed by atoms with van der Waals surface area (Å²) in [6.07, 6.45) is 1.99. The Kier molecular flexibility index (Phi) is 5.40. The fourth-order valence-electron chi connectivity index (χ4n) is 1.79. The normalized spacial score (nSPS) is 14.7. The van der Waals surface area contributed by atoms with E-state index in [1.54, 1.807) is 12.0 Å². The maximum atomic E-state index is 12.3. The Morgan fingerprint density at radius 2 is 2.00 bits per heavy atom. The lowest BCUT2D eigenvalue weighted by Crippen LogP contribution is -2.50. The molecule has 1 N–H and O–H groups in total. The number of hydrogen-bond acceptors (Lipinski definition) is 3. The lowest BCUT2D eigenvalue weighted by Gasteiger charge is -2.32. The van der Waals surface area contributed by atoms with Crippen LogP contribution in [0, 0.1) is 0 Å². The second kappa shape index (κ2) is 6.58. The SMILES string of the molecule is COCCN(C(=O)N(CC(=O)O)C(C)C)C1CC1. The standard InChI is InChI=1S/C12H22N2O4/c1-9(2)14(8-11(15)16)12(17)13(6-7-18-3)10-4-5-10/h9-10H,4-8H2,1-3H3,(H,15,16). The summed E-state index contributed by atoms with van der Waals surface area (Å²) < 4.78 is 4.99. The van der Waals surface area contributed by atoms with E-state index in [2.05, 4.69) is 0 Å². The predicted molar refractivity (Wildman–Crippen MR) is 66.5 cm³/mol. The van der Waals surface area contributed by atoms with Gasteiger partial charge in [0.05, 0.1) is 6.61 Å². The number of methoxy groups -OCH3 is 1. The van der Waals surface area contributed by atoms with Crippen molar-refractivity contribution < 1.29 is 19.4 Å². The summed E-state index contributed by atoms with van der Waals surface area (Å²) in [7, 11) is 1.59. The quantitative estimate of drug-likeness (QED) is 0.740. The first kappa shape index (κ1) is 14.8. The van der Waals surface area contributed by atoms with Crippen LogP contribution < -0.4 is 0 Å². The van der Waals surface area contributed by atoms with Gasteiger partial charge in [-0.05, 0) is 26.7 Å². The smallest absolute Gasteiger partial charge is 0.323 e. The molecule has 1 fully saturated rings. The first-order valence-corrected chi connectivity index (χ1v) is 6.25. The number of carbonyl (C=O) groups excluding carboxylic acids is 1. The molecule has 0 heterocycles. The summed E-state index contributed by atoms with van der Waals surface area (Å²) in [5.41, 5.74) is 0. The Hall–Kier alpha value is -1.30. The molecular weight excluding hydrogens is 236 g/mol. The number of nitrogens with zero attached hydrogens (tertiary/aromatic N) is 2. The van der Waals surface area contributed by atoms with Crippen molar-refractivity contribution in [1.29, 1.82) is 0 Å². The van der Waals surface area contributed by atoms with Crippen LogP contribution in [0.5, 0.6) is 0 Å². The lowest BCUT2D eigenvalue weighted by molar-refractivity contribution is -0.138. The van der Waals surface area contributed by atoms with Crippen LogP contribution in [0.2, 0.25) is 0 Å². The van der Waals surface area contributed by atoms with Gasteiger partial charge in [0.15, 0.2) is 0 Å². The maximum Gasteiger partial charge on any atom is 0.323 e. The molecule has 18 heavy (non-hydrogen) atoms. The molecule has 0 aromatic heterocycles. The Morgan fingerprint density at radius 3 is 2.39 bits per heavy atom. The molecule has 0 aromatic carbocycles.